The highest BCUT2D eigenvalue weighted by atomic mass is 35.5. The second-order valence-electron chi connectivity index (χ2n) is 4.32. The van der Waals surface area contributed by atoms with E-state index >= 15 is 0 Å². The van der Waals surface area contributed by atoms with E-state index in [-0.39, 0.29) is 11.7 Å². The Balaban J connectivity index is 1.91. The van der Waals surface area contributed by atoms with Crippen molar-refractivity contribution in [1.29, 1.82) is 0 Å². The third-order valence-electron chi connectivity index (χ3n) is 2.52. The summed E-state index contributed by atoms with van der Waals surface area (Å²) in [6.45, 7) is 0.546. The van der Waals surface area contributed by atoms with Crippen molar-refractivity contribution < 1.29 is 4.79 Å². The van der Waals surface area contributed by atoms with Crippen LogP contribution in [0.4, 0.5) is 10.9 Å². The number of thiazole rings is 1. The van der Waals surface area contributed by atoms with Crippen molar-refractivity contribution in [2.75, 3.05) is 31.3 Å². The van der Waals surface area contributed by atoms with Gasteiger partial charge in [0.05, 0.1) is 4.34 Å². The van der Waals surface area contributed by atoms with Gasteiger partial charge in [0.2, 0.25) is 0 Å². The molecule has 0 fully saturated rings. The maximum atomic E-state index is 12.0. The first kappa shape index (κ1) is 15.1. The SMILES string of the molecule is CN(C)c1nc(N)c(C(=O)NCCc2ccc(Cl)s2)s1. The first-order valence-corrected chi connectivity index (χ1v) is 7.94. The van der Waals surface area contributed by atoms with Crippen LogP contribution >= 0.6 is 34.3 Å². The van der Waals surface area contributed by atoms with Gasteiger partial charge in [-0.15, -0.1) is 11.3 Å². The van der Waals surface area contributed by atoms with Crippen LogP contribution in [0, 0.1) is 0 Å². The minimum Gasteiger partial charge on any atom is -0.382 e. The van der Waals surface area contributed by atoms with E-state index in [1.807, 2.05) is 31.1 Å². The topological polar surface area (TPSA) is 71.2 Å². The molecular weight excluding hydrogens is 316 g/mol. The molecule has 0 saturated carbocycles. The molecule has 0 aromatic carbocycles. The van der Waals surface area contributed by atoms with Gasteiger partial charge < -0.3 is 16.0 Å². The third-order valence-corrected chi connectivity index (χ3v) is 5.05. The summed E-state index contributed by atoms with van der Waals surface area (Å²) in [4.78, 5) is 19.6. The molecule has 0 aliphatic rings. The Bertz CT molecular complexity index is 608. The van der Waals surface area contributed by atoms with E-state index in [9.17, 15) is 4.79 Å². The lowest BCUT2D eigenvalue weighted by Gasteiger charge is -2.05. The Morgan fingerprint density at radius 1 is 1.45 bits per heavy atom. The highest BCUT2D eigenvalue weighted by Crippen LogP contribution is 2.26. The summed E-state index contributed by atoms with van der Waals surface area (Å²) in [6, 6.07) is 3.82. The van der Waals surface area contributed by atoms with Crippen molar-refractivity contribution in [3.8, 4) is 0 Å². The molecule has 5 nitrogen and oxygen atoms in total. The Kier molecular flexibility index (Phi) is 4.85. The van der Waals surface area contributed by atoms with Crippen molar-refractivity contribution in [3.63, 3.8) is 0 Å². The Morgan fingerprint density at radius 3 is 2.75 bits per heavy atom. The molecule has 0 unspecified atom stereocenters. The van der Waals surface area contributed by atoms with Crippen LogP contribution in [-0.4, -0.2) is 31.5 Å². The first-order chi connectivity index (χ1) is 9.47. The van der Waals surface area contributed by atoms with E-state index in [2.05, 4.69) is 10.3 Å². The van der Waals surface area contributed by atoms with E-state index in [4.69, 9.17) is 17.3 Å². The van der Waals surface area contributed by atoms with Crippen LogP contribution in [0.25, 0.3) is 0 Å². The van der Waals surface area contributed by atoms with Crippen LogP contribution in [0.1, 0.15) is 14.5 Å². The fourth-order valence-corrected chi connectivity index (χ4v) is 3.45. The van der Waals surface area contributed by atoms with Gasteiger partial charge >= 0.3 is 0 Å². The molecule has 2 aromatic rings. The van der Waals surface area contributed by atoms with E-state index in [1.165, 1.54) is 22.7 Å². The number of rotatable bonds is 5. The van der Waals surface area contributed by atoms with E-state index in [0.717, 1.165) is 20.8 Å². The number of carbonyl (C=O) groups excluding carboxylic acids is 1. The highest BCUT2D eigenvalue weighted by molar-refractivity contribution is 7.18. The van der Waals surface area contributed by atoms with Crippen LogP contribution in [0.15, 0.2) is 12.1 Å². The Hall–Kier alpha value is -1.31. The van der Waals surface area contributed by atoms with Gasteiger partial charge in [0, 0.05) is 25.5 Å². The molecular formula is C12H15ClN4OS2. The highest BCUT2D eigenvalue weighted by Gasteiger charge is 2.16. The van der Waals surface area contributed by atoms with Gasteiger partial charge in [-0.25, -0.2) is 4.98 Å². The van der Waals surface area contributed by atoms with E-state index < -0.39 is 0 Å². The lowest BCUT2D eigenvalue weighted by Crippen LogP contribution is -2.25. The lowest BCUT2D eigenvalue weighted by atomic mass is 10.3. The number of hydrogen-bond donors (Lipinski definition) is 2. The van der Waals surface area contributed by atoms with Gasteiger partial charge in [-0.1, -0.05) is 22.9 Å². The van der Waals surface area contributed by atoms with Crippen molar-refractivity contribution in [2.24, 2.45) is 0 Å². The standard InChI is InChI=1S/C12H15ClN4OS2/c1-17(2)12-16-10(14)9(20-12)11(18)15-6-5-7-3-4-8(13)19-7/h3-4H,5-6,14H2,1-2H3,(H,15,18). The number of anilines is 2. The predicted molar refractivity (Wildman–Crippen MR) is 86.2 cm³/mol. The minimum atomic E-state index is -0.184. The van der Waals surface area contributed by atoms with Crippen LogP contribution < -0.4 is 16.0 Å². The van der Waals surface area contributed by atoms with Crippen molar-refractivity contribution in [3.05, 3.63) is 26.2 Å². The molecule has 1 amide bonds. The van der Waals surface area contributed by atoms with Crippen molar-refractivity contribution in [2.45, 2.75) is 6.42 Å². The summed E-state index contributed by atoms with van der Waals surface area (Å²) in [7, 11) is 3.72. The molecule has 3 N–H and O–H groups in total. The molecule has 0 atom stereocenters. The number of amides is 1. The second kappa shape index (κ2) is 6.43. The van der Waals surface area contributed by atoms with Gasteiger partial charge in [-0.3, -0.25) is 4.79 Å². The van der Waals surface area contributed by atoms with Gasteiger partial charge in [-0.2, -0.15) is 0 Å². The number of thiophene rings is 1. The summed E-state index contributed by atoms with van der Waals surface area (Å²) in [5, 5.41) is 3.57. The average Bonchev–Trinajstić information content (AvgIpc) is 2.95. The second-order valence-corrected chi connectivity index (χ2v) is 7.09. The summed E-state index contributed by atoms with van der Waals surface area (Å²) in [5.74, 6) is 0.0890. The third kappa shape index (κ3) is 3.62. The number of carbonyl (C=O) groups is 1. The molecule has 0 spiro atoms. The Labute approximate surface area is 130 Å². The molecule has 0 saturated heterocycles. The Morgan fingerprint density at radius 2 is 2.20 bits per heavy atom. The molecule has 8 heteroatoms. The zero-order valence-electron chi connectivity index (χ0n) is 11.1. The zero-order chi connectivity index (χ0) is 14.7. The largest absolute Gasteiger partial charge is 0.382 e. The smallest absolute Gasteiger partial charge is 0.265 e. The predicted octanol–water partition coefficient (Wildman–Crippen LogP) is 2.48. The number of nitrogens with one attached hydrogen (secondary N) is 1. The number of nitrogens with zero attached hydrogens (tertiary/aromatic N) is 2. The summed E-state index contributed by atoms with van der Waals surface area (Å²) in [6.07, 6.45) is 0.752. The van der Waals surface area contributed by atoms with Gasteiger partial charge in [-0.05, 0) is 18.6 Å². The van der Waals surface area contributed by atoms with Gasteiger partial charge in [0.25, 0.3) is 5.91 Å². The van der Waals surface area contributed by atoms with Crippen LogP contribution in [0.3, 0.4) is 0 Å². The van der Waals surface area contributed by atoms with Crippen LogP contribution in [0.5, 0.6) is 0 Å². The maximum Gasteiger partial charge on any atom is 0.265 e. The molecule has 108 valence electrons. The molecule has 0 bridgehead atoms. The molecule has 2 rings (SSSR count). The molecule has 0 radical (unpaired) electrons. The number of aromatic nitrogens is 1. The quantitative estimate of drug-likeness (QED) is 0.883. The normalized spacial score (nSPS) is 10.6. The lowest BCUT2D eigenvalue weighted by molar-refractivity contribution is 0.0959. The molecule has 0 aliphatic carbocycles. The van der Waals surface area contributed by atoms with Gasteiger partial charge in [0.1, 0.15) is 10.7 Å². The van der Waals surface area contributed by atoms with E-state index in [1.54, 1.807) is 0 Å². The van der Waals surface area contributed by atoms with E-state index in [0.29, 0.717) is 11.4 Å². The zero-order valence-corrected chi connectivity index (χ0v) is 13.5. The fraction of sp³-hybridized carbons (Fsp3) is 0.333. The summed E-state index contributed by atoms with van der Waals surface area (Å²) < 4.78 is 0.758. The average molecular weight is 331 g/mol. The number of nitrogen functional groups attached to an aromatic ring is 1. The monoisotopic (exact) mass is 330 g/mol. The molecule has 2 aromatic heterocycles. The van der Waals surface area contributed by atoms with Crippen molar-refractivity contribution >= 4 is 51.1 Å². The minimum absolute atomic E-state index is 0.184. The number of hydrogen-bond acceptors (Lipinski definition) is 6. The molecule has 0 aliphatic heterocycles. The first-order valence-electron chi connectivity index (χ1n) is 5.93. The van der Waals surface area contributed by atoms with Gasteiger partial charge in [0.15, 0.2) is 5.13 Å². The molecule has 2 heterocycles. The summed E-state index contributed by atoms with van der Waals surface area (Å²) >= 11 is 8.66. The summed E-state index contributed by atoms with van der Waals surface area (Å²) in [5.41, 5.74) is 5.76. The number of halogens is 1. The maximum absolute atomic E-state index is 12.0. The van der Waals surface area contributed by atoms with Crippen LogP contribution in [0.2, 0.25) is 4.34 Å². The van der Waals surface area contributed by atoms with Crippen LogP contribution in [-0.2, 0) is 6.42 Å². The molecule has 20 heavy (non-hydrogen) atoms. The fourth-order valence-electron chi connectivity index (χ4n) is 1.54. The number of nitrogens with two attached hydrogens (primary N) is 1. The van der Waals surface area contributed by atoms with Crippen molar-refractivity contribution in [1.82, 2.24) is 10.3 Å².